The van der Waals surface area contributed by atoms with Crippen molar-refractivity contribution < 1.29 is 28.4 Å². The molecule has 59 heavy (non-hydrogen) atoms. The van der Waals surface area contributed by atoms with E-state index in [4.69, 9.17) is 14.8 Å². The first-order chi connectivity index (χ1) is 28.9. The molecule has 0 aliphatic carbocycles. The molecule has 0 aromatic heterocycles. The van der Waals surface area contributed by atoms with Gasteiger partial charge in [0.05, 0.1) is 25.4 Å². The maximum absolute atomic E-state index is 12.8. The van der Waals surface area contributed by atoms with Gasteiger partial charge in [-0.3, -0.25) is 13.8 Å². The van der Waals surface area contributed by atoms with Crippen molar-refractivity contribution in [3.63, 3.8) is 0 Å². The Morgan fingerprint density at radius 3 is 1.31 bits per heavy atom. The number of rotatable bonds is 47. The lowest BCUT2D eigenvalue weighted by molar-refractivity contribution is -0.123. The van der Waals surface area contributed by atoms with Crippen LogP contribution in [-0.4, -0.2) is 47.8 Å². The van der Waals surface area contributed by atoms with Gasteiger partial charge in [0.2, 0.25) is 5.91 Å². The van der Waals surface area contributed by atoms with Crippen molar-refractivity contribution in [2.24, 2.45) is 5.73 Å². The van der Waals surface area contributed by atoms with Crippen LogP contribution in [0.25, 0.3) is 0 Å². The molecule has 348 valence electrons. The number of aliphatic hydroxyl groups is 1. The molecular weight excluding hydrogens is 756 g/mol. The highest BCUT2D eigenvalue weighted by Crippen LogP contribution is 2.43. The van der Waals surface area contributed by atoms with Gasteiger partial charge in [-0.15, -0.1) is 0 Å². The van der Waals surface area contributed by atoms with Crippen LogP contribution in [0.4, 0.5) is 0 Å². The number of nitrogens with two attached hydrogens (primary N) is 1. The van der Waals surface area contributed by atoms with Crippen molar-refractivity contribution in [2.45, 2.75) is 257 Å². The van der Waals surface area contributed by atoms with E-state index in [2.05, 4.69) is 43.5 Å². The maximum Gasteiger partial charge on any atom is 0.472 e. The fraction of sp³-hybridized carbons (Fsp3) is 0.860. The summed E-state index contributed by atoms with van der Waals surface area (Å²) in [7, 11) is -4.35. The van der Waals surface area contributed by atoms with Gasteiger partial charge in [0.15, 0.2) is 0 Å². The van der Waals surface area contributed by atoms with Gasteiger partial charge in [0.1, 0.15) is 0 Å². The lowest BCUT2D eigenvalue weighted by atomic mass is 10.0. The van der Waals surface area contributed by atoms with E-state index < -0.39 is 20.0 Å². The summed E-state index contributed by atoms with van der Waals surface area (Å²) in [4.78, 5) is 22.8. The van der Waals surface area contributed by atoms with E-state index in [1.807, 2.05) is 6.08 Å². The third-order valence-electron chi connectivity index (χ3n) is 11.2. The number of nitrogens with one attached hydrogen (secondary N) is 1. The van der Waals surface area contributed by atoms with Crippen molar-refractivity contribution in [1.29, 1.82) is 0 Å². The molecule has 0 saturated heterocycles. The Labute approximate surface area is 365 Å². The highest BCUT2D eigenvalue weighted by molar-refractivity contribution is 7.47. The van der Waals surface area contributed by atoms with Gasteiger partial charge < -0.3 is 21.1 Å². The Morgan fingerprint density at radius 1 is 0.542 bits per heavy atom. The molecule has 0 spiro atoms. The average Bonchev–Trinajstić information content (AvgIpc) is 3.22. The van der Waals surface area contributed by atoms with Crippen LogP contribution in [0.3, 0.4) is 0 Å². The molecule has 0 saturated carbocycles. The number of carbonyl (C=O) groups is 1. The molecule has 8 nitrogen and oxygen atoms in total. The highest BCUT2D eigenvalue weighted by atomic mass is 31.2. The summed E-state index contributed by atoms with van der Waals surface area (Å²) in [5.74, 6) is -0.203. The first-order valence-corrected chi connectivity index (χ1v) is 26.6. The van der Waals surface area contributed by atoms with Crippen LogP contribution in [-0.2, 0) is 18.4 Å². The summed E-state index contributed by atoms with van der Waals surface area (Å²) in [5.41, 5.74) is 5.39. The molecule has 3 unspecified atom stereocenters. The van der Waals surface area contributed by atoms with Crippen molar-refractivity contribution in [2.75, 3.05) is 19.8 Å². The molecule has 0 aliphatic heterocycles. The van der Waals surface area contributed by atoms with E-state index in [1.165, 1.54) is 186 Å². The lowest BCUT2D eigenvalue weighted by Gasteiger charge is -2.23. The highest BCUT2D eigenvalue weighted by Gasteiger charge is 2.26. The number of unbranched alkanes of at least 4 members (excludes halogenated alkanes) is 31. The van der Waals surface area contributed by atoms with Crippen LogP contribution >= 0.6 is 7.82 Å². The number of allylic oxidation sites excluding steroid dienone is 5. The minimum absolute atomic E-state index is 0.0743. The van der Waals surface area contributed by atoms with E-state index in [0.717, 1.165) is 38.5 Å². The molecule has 0 radical (unpaired) electrons. The number of phosphoric acid groups is 1. The Hall–Kier alpha value is -1.28. The predicted octanol–water partition coefficient (Wildman–Crippen LogP) is 14.7. The van der Waals surface area contributed by atoms with E-state index in [1.54, 1.807) is 6.08 Å². The van der Waals surface area contributed by atoms with Crippen molar-refractivity contribution in [3.8, 4) is 0 Å². The Balaban J connectivity index is 4.12. The zero-order chi connectivity index (χ0) is 43.2. The molecule has 1 amide bonds. The number of hydrogen-bond donors (Lipinski definition) is 4. The van der Waals surface area contributed by atoms with Crippen LogP contribution in [0.1, 0.15) is 245 Å². The van der Waals surface area contributed by atoms with Crippen LogP contribution in [0, 0.1) is 0 Å². The summed E-state index contributed by atoms with van der Waals surface area (Å²) in [6.07, 6.45) is 56.4. The average molecular weight is 853 g/mol. The van der Waals surface area contributed by atoms with Crippen molar-refractivity contribution >= 4 is 13.7 Å². The number of phosphoric ester groups is 1. The summed E-state index contributed by atoms with van der Waals surface area (Å²) in [6.45, 7) is 4.14. The quantitative estimate of drug-likeness (QED) is 0.0272. The molecule has 0 bridgehead atoms. The van der Waals surface area contributed by atoms with Gasteiger partial charge in [-0.25, -0.2) is 4.57 Å². The Kier molecular flexibility index (Phi) is 45.2. The first kappa shape index (κ1) is 57.7. The predicted molar refractivity (Wildman–Crippen MR) is 254 cm³/mol. The topological polar surface area (TPSA) is 131 Å². The first-order valence-electron chi connectivity index (χ1n) is 25.1. The summed E-state index contributed by atoms with van der Waals surface area (Å²) in [6, 6.07) is -0.877. The molecule has 3 atom stereocenters. The maximum atomic E-state index is 12.8. The van der Waals surface area contributed by atoms with Gasteiger partial charge >= 0.3 is 7.82 Å². The van der Waals surface area contributed by atoms with Crippen LogP contribution in [0.5, 0.6) is 0 Å². The van der Waals surface area contributed by atoms with E-state index in [-0.39, 0.29) is 25.7 Å². The standard InChI is InChI=1S/C50H97N2O6P/c1-3-5-7-9-11-13-15-17-19-21-22-23-24-25-26-28-30-32-34-36-38-40-42-44-50(54)52-48(47-58-59(55,56)57-46-45-51)49(53)43-41-39-37-35-33-31-29-27-20-18-16-14-12-10-8-6-4-2/h21-22,33,35,41,43,48-49,53H,3-20,23-32,34,36-40,42,44-47,51H2,1-2H3,(H,52,54)(H,55,56)/b22-21-,35-33+,43-41+. The van der Waals surface area contributed by atoms with Crippen LogP contribution in [0.15, 0.2) is 36.5 Å². The fourth-order valence-electron chi connectivity index (χ4n) is 7.38. The van der Waals surface area contributed by atoms with E-state index in [9.17, 15) is 19.4 Å². The second-order valence-electron chi connectivity index (χ2n) is 17.0. The third kappa shape index (κ3) is 44.6. The smallest absolute Gasteiger partial charge is 0.387 e. The molecule has 0 aromatic rings. The number of hydrogen-bond acceptors (Lipinski definition) is 6. The second kappa shape index (κ2) is 46.2. The molecule has 0 heterocycles. The van der Waals surface area contributed by atoms with Crippen LogP contribution < -0.4 is 11.1 Å². The molecule has 0 aromatic carbocycles. The Morgan fingerprint density at radius 2 is 0.898 bits per heavy atom. The molecule has 5 N–H and O–H groups in total. The number of amides is 1. The summed E-state index contributed by atoms with van der Waals surface area (Å²) >= 11 is 0. The van der Waals surface area contributed by atoms with E-state index in [0.29, 0.717) is 6.42 Å². The minimum Gasteiger partial charge on any atom is -0.387 e. The minimum atomic E-state index is -4.35. The summed E-state index contributed by atoms with van der Waals surface area (Å²) < 4.78 is 22.2. The molecule has 9 heteroatoms. The third-order valence-corrected chi connectivity index (χ3v) is 12.2. The normalized spacial score (nSPS) is 14.2. The SMILES string of the molecule is CCCCCCCCCC/C=C\CCCCCCCCCCCCCC(=O)NC(COP(=O)(O)OCCN)C(O)/C=C/CC/C=C/CCCCCCCCCCCCC. The molecule has 0 fully saturated rings. The van der Waals surface area contributed by atoms with Gasteiger partial charge in [-0.2, -0.15) is 0 Å². The number of carbonyl (C=O) groups excluding carboxylic acids is 1. The van der Waals surface area contributed by atoms with Gasteiger partial charge in [-0.05, 0) is 57.8 Å². The van der Waals surface area contributed by atoms with Gasteiger partial charge in [0, 0.05) is 13.0 Å². The largest absolute Gasteiger partial charge is 0.472 e. The number of aliphatic hydroxyl groups excluding tert-OH is 1. The van der Waals surface area contributed by atoms with Crippen LogP contribution in [0.2, 0.25) is 0 Å². The lowest BCUT2D eigenvalue weighted by Crippen LogP contribution is -2.45. The van der Waals surface area contributed by atoms with E-state index >= 15 is 0 Å². The molecule has 0 rings (SSSR count). The van der Waals surface area contributed by atoms with Crippen molar-refractivity contribution in [1.82, 2.24) is 5.32 Å². The fourth-order valence-corrected chi connectivity index (χ4v) is 8.14. The van der Waals surface area contributed by atoms with Gasteiger partial charge in [-0.1, -0.05) is 217 Å². The second-order valence-corrected chi connectivity index (χ2v) is 18.5. The summed E-state index contributed by atoms with van der Waals surface area (Å²) in [5, 5.41) is 13.7. The zero-order valence-corrected chi connectivity index (χ0v) is 39.6. The molecule has 0 aliphatic rings. The zero-order valence-electron chi connectivity index (χ0n) is 38.7. The van der Waals surface area contributed by atoms with Crippen molar-refractivity contribution in [3.05, 3.63) is 36.5 Å². The Bertz CT molecular complexity index is 1020. The van der Waals surface area contributed by atoms with Gasteiger partial charge in [0.25, 0.3) is 0 Å². The monoisotopic (exact) mass is 853 g/mol. The molecular formula is C50H97N2O6P.